The van der Waals surface area contributed by atoms with E-state index in [1.54, 1.807) is 10.6 Å². The molecule has 0 amide bonds. The first-order valence-electron chi connectivity index (χ1n) is 7.41. The molecule has 0 saturated heterocycles. The van der Waals surface area contributed by atoms with Crippen LogP contribution in [0.5, 0.6) is 0 Å². The van der Waals surface area contributed by atoms with E-state index in [4.69, 9.17) is 11.6 Å². The topological polar surface area (TPSA) is 30.7 Å². The highest BCUT2D eigenvalue weighted by atomic mass is 35.5. The molecule has 3 aromatic rings. The number of halogens is 2. The van der Waals surface area contributed by atoms with Gasteiger partial charge >= 0.3 is 0 Å². The van der Waals surface area contributed by atoms with Gasteiger partial charge in [0.05, 0.1) is 5.39 Å². The van der Waals surface area contributed by atoms with Crippen molar-refractivity contribution in [3.63, 3.8) is 0 Å². The fourth-order valence-corrected chi connectivity index (χ4v) is 2.30. The summed E-state index contributed by atoms with van der Waals surface area (Å²) < 4.78 is 15.1. The zero-order valence-electron chi connectivity index (χ0n) is 13.6. The summed E-state index contributed by atoms with van der Waals surface area (Å²) in [6.07, 6.45) is 3.28. The minimum absolute atomic E-state index is 0.285. The van der Waals surface area contributed by atoms with Crippen LogP contribution in [0.15, 0.2) is 36.8 Å². The molecule has 0 spiro atoms. The molecular formula is C17H21ClFN3. The van der Waals surface area contributed by atoms with Gasteiger partial charge in [0.2, 0.25) is 0 Å². The fourth-order valence-electron chi connectivity index (χ4n) is 2.02. The average molecular weight is 322 g/mol. The first-order chi connectivity index (χ1) is 10.7. The van der Waals surface area contributed by atoms with E-state index in [-0.39, 0.29) is 5.82 Å². The van der Waals surface area contributed by atoms with Crippen molar-refractivity contribution in [1.29, 1.82) is 0 Å². The molecule has 2 heterocycles. The standard InChI is InChI=1S/C13H9ClFN3.2C2H6/c1-8-6-18(10-4-2-3-9(15)5-10)13-11(8)12(14)16-7-17-13;2*1-2/h2-7H,1H3;2*1-2H3. The SMILES string of the molecule is CC.CC.Cc1cn(-c2cccc(F)c2)c2ncnc(Cl)c12. The van der Waals surface area contributed by atoms with Crippen molar-refractivity contribution in [2.24, 2.45) is 0 Å². The normalized spacial score (nSPS) is 9.59. The summed E-state index contributed by atoms with van der Waals surface area (Å²) in [5.41, 5.74) is 2.35. The fraction of sp³-hybridized carbons (Fsp3) is 0.294. The second-order valence-corrected chi connectivity index (χ2v) is 4.38. The molecule has 2 aromatic heterocycles. The predicted molar refractivity (Wildman–Crippen MR) is 91.3 cm³/mol. The van der Waals surface area contributed by atoms with Crippen molar-refractivity contribution in [2.75, 3.05) is 0 Å². The van der Waals surface area contributed by atoms with E-state index < -0.39 is 0 Å². The maximum absolute atomic E-state index is 13.3. The van der Waals surface area contributed by atoms with Crippen molar-refractivity contribution in [2.45, 2.75) is 34.6 Å². The van der Waals surface area contributed by atoms with Gasteiger partial charge in [-0.2, -0.15) is 0 Å². The van der Waals surface area contributed by atoms with Gasteiger partial charge in [0.15, 0.2) is 0 Å². The molecule has 0 bridgehead atoms. The van der Waals surface area contributed by atoms with Crippen LogP contribution < -0.4 is 0 Å². The highest BCUT2D eigenvalue weighted by Crippen LogP contribution is 2.27. The Labute approximate surface area is 135 Å². The predicted octanol–water partition coefficient (Wildman–Crippen LogP) is 5.57. The van der Waals surface area contributed by atoms with Gasteiger partial charge in [-0.3, -0.25) is 0 Å². The third-order valence-electron chi connectivity index (χ3n) is 2.81. The summed E-state index contributed by atoms with van der Waals surface area (Å²) in [5.74, 6) is -0.285. The van der Waals surface area contributed by atoms with Crippen LogP contribution in [0, 0.1) is 12.7 Å². The minimum atomic E-state index is -0.285. The van der Waals surface area contributed by atoms with Crippen LogP contribution in [-0.4, -0.2) is 14.5 Å². The molecule has 0 aliphatic heterocycles. The van der Waals surface area contributed by atoms with E-state index in [1.807, 2.05) is 46.9 Å². The summed E-state index contributed by atoms with van der Waals surface area (Å²) in [4.78, 5) is 8.17. The van der Waals surface area contributed by atoms with Crippen molar-refractivity contribution in [3.05, 3.63) is 53.3 Å². The second kappa shape index (κ2) is 8.49. The summed E-state index contributed by atoms with van der Waals surface area (Å²) >= 11 is 6.06. The smallest absolute Gasteiger partial charge is 0.149 e. The molecule has 0 fully saturated rings. The zero-order chi connectivity index (χ0) is 16.7. The molecule has 0 radical (unpaired) electrons. The molecular weight excluding hydrogens is 301 g/mol. The number of hydrogen-bond donors (Lipinski definition) is 0. The molecule has 0 N–H and O–H groups in total. The Balaban J connectivity index is 0.000000561. The molecule has 3 rings (SSSR count). The maximum Gasteiger partial charge on any atom is 0.149 e. The van der Waals surface area contributed by atoms with E-state index in [9.17, 15) is 4.39 Å². The largest absolute Gasteiger partial charge is 0.301 e. The lowest BCUT2D eigenvalue weighted by Crippen LogP contribution is -1.94. The van der Waals surface area contributed by atoms with Gasteiger partial charge in [-0.05, 0) is 30.7 Å². The molecule has 0 unspecified atom stereocenters. The molecule has 5 heteroatoms. The monoisotopic (exact) mass is 321 g/mol. The van der Waals surface area contributed by atoms with Gasteiger partial charge in [0.1, 0.15) is 22.9 Å². The minimum Gasteiger partial charge on any atom is -0.301 e. The van der Waals surface area contributed by atoms with Crippen LogP contribution in [-0.2, 0) is 0 Å². The molecule has 0 aliphatic rings. The van der Waals surface area contributed by atoms with Crippen molar-refractivity contribution < 1.29 is 4.39 Å². The number of fused-ring (bicyclic) bond motifs is 1. The number of hydrogen-bond acceptors (Lipinski definition) is 2. The van der Waals surface area contributed by atoms with Crippen LogP contribution in [0.2, 0.25) is 5.15 Å². The van der Waals surface area contributed by atoms with Gasteiger partial charge in [0, 0.05) is 11.9 Å². The molecule has 0 atom stereocenters. The Bertz CT molecular complexity index is 738. The lowest BCUT2D eigenvalue weighted by Gasteiger charge is -2.04. The van der Waals surface area contributed by atoms with Crippen LogP contribution in [0.25, 0.3) is 16.7 Å². The van der Waals surface area contributed by atoms with Crippen molar-refractivity contribution >= 4 is 22.6 Å². The first kappa shape index (κ1) is 18.1. The summed E-state index contributed by atoms with van der Waals surface area (Å²) in [6.45, 7) is 9.92. The number of benzene rings is 1. The third-order valence-corrected chi connectivity index (χ3v) is 3.10. The highest BCUT2D eigenvalue weighted by Gasteiger charge is 2.12. The first-order valence-corrected chi connectivity index (χ1v) is 7.78. The van der Waals surface area contributed by atoms with Gasteiger partial charge in [0.25, 0.3) is 0 Å². The molecule has 118 valence electrons. The van der Waals surface area contributed by atoms with E-state index >= 15 is 0 Å². The summed E-state index contributed by atoms with van der Waals surface area (Å²) in [7, 11) is 0. The van der Waals surface area contributed by atoms with Crippen LogP contribution in [0.3, 0.4) is 0 Å². The van der Waals surface area contributed by atoms with Gasteiger partial charge in [-0.25, -0.2) is 14.4 Å². The number of rotatable bonds is 1. The van der Waals surface area contributed by atoms with E-state index in [0.29, 0.717) is 16.5 Å². The Hall–Kier alpha value is -1.94. The number of aryl methyl sites for hydroxylation is 1. The third kappa shape index (κ3) is 3.63. The Morgan fingerprint density at radius 2 is 1.77 bits per heavy atom. The summed E-state index contributed by atoms with van der Waals surface area (Å²) in [5, 5.41) is 1.20. The number of nitrogens with zero attached hydrogens (tertiary/aromatic N) is 3. The van der Waals surface area contributed by atoms with Crippen molar-refractivity contribution in [3.8, 4) is 5.69 Å². The van der Waals surface area contributed by atoms with Gasteiger partial charge in [-0.1, -0.05) is 45.4 Å². The lowest BCUT2D eigenvalue weighted by atomic mass is 10.3. The van der Waals surface area contributed by atoms with Crippen LogP contribution in [0.4, 0.5) is 4.39 Å². The zero-order valence-corrected chi connectivity index (χ0v) is 14.3. The lowest BCUT2D eigenvalue weighted by molar-refractivity contribution is 0.627. The highest BCUT2D eigenvalue weighted by molar-refractivity contribution is 6.34. The van der Waals surface area contributed by atoms with E-state index in [0.717, 1.165) is 10.9 Å². The second-order valence-electron chi connectivity index (χ2n) is 4.03. The molecule has 0 aliphatic carbocycles. The molecule has 3 nitrogen and oxygen atoms in total. The maximum atomic E-state index is 13.3. The van der Waals surface area contributed by atoms with Crippen LogP contribution >= 0.6 is 11.6 Å². The Morgan fingerprint density at radius 1 is 1.09 bits per heavy atom. The van der Waals surface area contributed by atoms with E-state index in [2.05, 4.69) is 9.97 Å². The quantitative estimate of drug-likeness (QED) is 0.548. The molecule has 0 saturated carbocycles. The Kier molecular flexibility index (Phi) is 6.99. The van der Waals surface area contributed by atoms with Crippen LogP contribution in [0.1, 0.15) is 33.3 Å². The van der Waals surface area contributed by atoms with Gasteiger partial charge < -0.3 is 4.57 Å². The number of aromatic nitrogens is 3. The van der Waals surface area contributed by atoms with Crippen molar-refractivity contribution in [1.82, 2.24) is 14.5 Å². The molecule has 1 aromatic carbocycles. The Morgan fingerprint density at radius 3 is 2.41 bits per heavy atom. The average Bonchev–Trinajstić information content (AvgIpc) is 2.90. The summed E-state index contributed by atoms with van der Waals surface area (Å²) in [6, 6.07) is 6.34. The van der Waals surface area contributed by atoms with Gasteiger partial charge in [-0.15, -0.1) is 0 Å². The molecule has 22 heavy (non-hydrogen) atoms. The van der Waals surface area contributed by atoms with E-state index in [1.165, 1.54) is 18.5 Å².